The Hall–Kier alpha value is -0.840. The molecule has 110 valence electrons. The zero-order valence-electron chi connectivity index (χ0n) is 12.6. The Bertz CT molecular complexity index is 353. The summed E-state index contributed by atoms with van der Waals surface area (Å²) in [5.41, 5.74) is 6.88. The van der Waals surface area contributed by atoms with E-state index in [9.17, 15) is 0 Å². The maximum absolute atomic E-state index is 5.66. The van der Waals surface area contributed by atoms with Crippen LogP contribution in [0.15, 0.2) is 18.3 Å². The molecule has 19 heavy (non-hydrogen) atoms. The van der Waals surface area contributed by atoms with Gasteiger partial charge in [0, 0.05) is 38.4 Å². The fourth-order valence-electron chi connectivity index (χ4n) is 1.61. The molecule has 0 spiro atoms. The van der Waals surface area contributed by atoms with Gasteiger partial charge in [0.1, 0.15) is 5.82 Å². The molecule has 0 fully saturated rings. The van der Waals surface area contributed by atoms with E-state index >= 15 is 0 Å². The molecule has 0 amide bonds. The van der Waals surface area contributed by atoms with Crippen molar-refractivity contribution < 1.29 is 0 Å². The quantitative estimate of drug-likeness (QED) is 0.870. The summed E-state index contributed by atoms with van der Waals surface area (Å²) in [5.74, 6) is 1.02. The van der Waals surface area contributed by atoms with Crippen molar-refractivity contribution in [2.75, 3.05) is 25.5 Å². The fraction of sp³-hybridized carbons (Fsp3) is 0.643. The average Bonchev–Trinajstić information content (AvgIpc) is 2.37. The second-order valence-corrected chi connectivity index (χ2v) is 5.23. The third-order valence-electron chi connectivity index (χ3n) is 3.47. The van der Waals surface area contributed by atoms with Crippen LogP contribution in [-0.4, -0.2) is 42.6 Å². The highest BCUT2D eigenvalue weighted by Gasteiger charge is 2.09. The highest BCUT2D eigenvalue weighted by molar-refractivity contribution is 5.85. The van der Waals surface area contributed by atoms with Gasteiger partial charge in [0.15, 0.2) is 0 Å². The first-order valence-corrected chi connectivity index (χ1v) is 6.53. The molecule has 1 aromatic rings. The van der Waals surface area contributed by atoms with Crippen molar-refractivity contribution >= 4 is 18.2 Å². The molecule has 0 radical (unpaired) electrons. The Morgan fingerprint density at radius 1 is 1.21 bits per heavy atom. The van der Waals surface area contributed by atoms with Crippen LogP contribution in [0, 0.1) is 0 Å². The summed E-state index contributed by atoms with van der Waals surface area (Å²) in [5, 5.41) is 0. The standard InChI is InChI=1S/C14H26N4.ClH/c1-11(2)18(5)14-7-6-13(9-16-14)10-17(4)12(3)8-15;/h6-7,9,11-12H,8,10,15H2,1-5H3;1H. The van der Waals surface area contributed by atoms with Crippen molar-refractivity contribution in [2.45, 2.75) is 39.4 Å². The maximum Gasteiger partial charge on any atom is 0.128 e. The molecule has 1 rings (SSSR count). The van der Waals surface area contributed by atoms with Crippen molar-refractivity contribution in [3.63, 3.8) is 0 Å². The van der Waals surface area contributed by atoms with E-state index in [2.05, 4.69) is 61.8 Å². The van der Waals surface area contributed by atoms with Crippen LogP contribution in [0.1, 0.15) is 26.3 Å². The summed E-state index contributed by atoms with van der Waals surface area (Å²) in [4.78, 5) is 8.91. The van der Waals surface area contributed by atoms with Crippen molar-refractivity contribution in [3.8, 4) is 0 Å². The minimum absolute atomic E-state index is 0. The average molecular weight is 287 g/mol. The molecule has 1 aromatic heterocycles. The Balaban J connectivity index is 0.00000324. The van der Waals surface area contributed by atoms with Crippen LogP contribution in [0.2, 0.25) is 0 Å². The van der Waals surface area contributed by atoms with E-state index in [0.717, 1.165) is 12.4 Å². The number of halogens is 1. The number of anilines is 1. The smallest absolute Gasteiger partial charge is 0.128 e. The molecular formula is C14H27ClN4. The largest absolute Gasteiger partial charge is 0.357 e. The summed E-state index contributed by atoms with van der Waals surface area (Å²) >= 11 is 0. The van der Waals surface area contributed by atoms with E-state index in [-0.39, 0.29) is 12.4 Å². The second-order valence-electron chi connectivity index (χ2n) is 5.23. The van der Waals surface area contributed by atoms with E-state index in [0.29, 0.717) is 18.6 Å². The molecule has 0 saturated heterocycles. The minimum Gasteiger partial charge on any atom is -0.357 e. The summed E-state index contributed by atoms with van der Waals surface area (Å²) < 4.78 is 0. The SMILES string of the molecule is CC(CN)N(C)Cc1ccc(N(C)C(C)C)nc1.Cl. The Morgan fingerprint density at radius 2 is 1.84 bits per heavy atom. The first-order valence-electron chi connectivity index (χ1n) is 6.53. The van der Waals surface area contributed by atoms with Crippen LogP contribution >= 0.6 is 12.4 Å². The molecule has 1 atom stereocenters. The molecule has 1 heterocycles. The molecule has 0 aliphatic heterocycles. The number of aromatic nitrogens is 1. The lowest BCUT2D eigenvalue weighted by atomic mass is 10.2. The van der Waals surface area contributed by atoms with Gasteiger partial charge in [0.05, 0.1) is 0 Å². The highest BCUT2D eigenvalue weighted by Crippen LogP contribution is 2.13. The molecule has 0 aromatic carbocycles. The van der Waals surface area contributed by atoms with Crippen LogP contribution in [-0.2, 0) is 6.54 Å². The first kappa shape index (κ1) is 18.2. The van der Waals surface area contributed by atoms with Crippen LogP contribution < -0.4 is 10.6 Å². The van der Waals surface area contributed by atoms with E-state index < -0.39 is 0 Å². The Kier molecular flexibility index (Phi) is 7.99. The van der Waals surface area contributed by atoms with Gasteiger partial charge in [0.2, 0.25) is 0 Å². The van der Waals surface area contributed by atoms with Crippen LogP contribution in [0.25, 0.3) is 0 Å². The van der Waals surface area contributed by atoms with Crippen LogP contribution in [0.3, 0.4) is 0 Å². The summed E-state index contributed by atoms with van der Waals surface area (Å²) in [6.07, 6.45) is 1.95. The highest BCUT2D eigenvalue weighted by atomic mass is 35.5. The fourth-order valence-corrected chi connectivity index (χ4v) is 1.61. The number of rotatable bonds is 6. The van der Waals surface area contributed by atoms with Gasteiger partial charge in [-0.3, -0.25) is 4.90 Å². The Labute approximate surface area is 123 Å². The molecule has 2 N–H and O–H groups in total. The molecule has 4 nitrogen and oxygen atoms in total. The molecule has 0 aliphatic carbocycles. The van der Waals surface area contributed by atoms with E-state index in [1.54, 1.807) is 0 Å². The van der Waals surface area contributed by atoms with E-state index in [1.165, 1.54) is 5.56 Å². The molecule has 5 heteroatoms. The predicted molar refractivity (Wildman–Crippen MR) is 85.0 cm³/mol. The predicted octanol–water partition coefficient (Wildman–Crippen LogP) is 2.13. The number of pyridine rings is 1. The van der Waals surface area contributed by atoms with Crippen LogP contribution in [0.5, 0.6) is 0 Å². The van der Waals surface area contributed by atoms with Gasteiger partial charge in [-0.1, -0.05) is 6.07 Å². The van der Waals surface area contributed by atoms with Gasteiger partial charge in [-0.25, -0.2) is 4.98 Å². The van der Waals surface area contributed by atoms with Crippen LogP contribution in [0.4, 0.5) is 5.82 Å². The normalized spacial score (nSPS) is 12.4. The van der Waals surface area contributed by atoms with Gasteiger partial charge < -0.3 is 10.6 Å². The van der Waals surface area contributed by atoms with Gasteiger partial charge in [-0.05, 0) is 39.4 Å². The van der Waals surface area contributed by atoms with E-state index in [4.69, 9.17) is 5.73 Å². The van der Waals surface area contributed by atoms with Gasteiger partial charge in [-0.2, -0.15) is 0 Å². The lowest BCUT2D eigenvalue weighted by Crippen LogP contribution is -2.34. The number of hydrogen-bond donors (Lipinski definition) is 1. The van der Waals surface area contributed by atoms with Crippen molar-refractivity contribution in [1.29, 1.82) is 0 Å². The number of likely N-dealkylation sites (N-methyl/N-ethyl adjacent to an activating group) is 1. The third kappa shape index (κ3) is 5.35. The zero-order valence-corrected chi connectivity index (χ0v) is 13.4. The molecule has 0 bridgehead atoms. The van der Waals surface area contributed by atoms with E-state index in [1.807, 2.05) is 6.20 Å². The summed E-state index contributed by atoms with van der Waals surface area (Å²) in [6, 6.07) is 5.07. The zero-order chi connectivity index (χ0) is 13.7. The molecule has 0 saturated carbocycles. The number of nitrogens with two attached hydrogens (primary N) is 1. The summed E-state index contributed by atoms with van der Waals surface area (Å²) in [6.45, 7) is 8.02. The number of nitrogens with zero attached hydrogens (tertiary/aromatic N) is 3. The van der Waals surface area contributed by atoms with Gasteiger partial charge >= 0.3 is 0 Å². The van der Waals surface area contributed by atoms with Crippen molar-refractivity contribution in [1.82, 2.24) is 9.88 Å². The minimum atomic E-state index is 0. The van der Waals surface area contributed by atoms with Gasteiger partial charge in [-0.15, -0.1) is 12.4 Å². The maximum atomic E-state index is 5.66. The lowest BCUT2D eigenvalue weighted by Gasteiger charge is -2.24. The molecular weight excluding hydrogens is 260 g/mol. The second kappa shape index (κ2) is 8.35. The molecule has 1 unspecified atom stereocenters. The number of hydrogen-bond acceptors (Lipinski definition) is 4. The monoisotopic (exact) mass is 286 g/mol. The Morgan fingerprint density at radius 3 is 2.26 bits per heavy atom. The third-order valence-corrected chi connectivity index (χ3v) is 3.47. The first-order chi connectivity index (χ1) is 8.45. The van der Waals surface area contributed by atoms with Crippen molar-refractivity contribution in [2.24, 2.45) is 5.73 Å². The van der Waals surface area contributed by atoms with Gasteiger partial charge in [0.25, 0.3) is 0 Å². The molecule has 0 aliphatic rings. The summed E-state index contributed by atoms with van der Waals surface area (Å²) in [7, 11) is 4.15. The lowest BCUT2D eigenvalue weighted by molar-refractivity contribution is 0.254. The topological polar surface area (TPSA) is 45.4 Å². The van der Waals surface area contributed by atoms with Crippen molar-refractivity contribution in [3.05, 3.63) is 23.9 Å².